The number of nitrogens with one attached hydrogen (secondary N) is 1. The minimum absolute atomic E-state index is 0.384. The van der Waals surface area contributed by atoms with E-state index in [4.69, 9.17) is 0 Å². The van der Waals surface area contributed by atoms with Crippen molar-refractivity contribution < 1.29 is 39.6 Å². The number of hydrogen-bond acceptors (Lipinski definition) is 10. The van der Waals surface area contributed by atoms with Crippen LogP contribution < -0.4 is 25.7 Å². The zero-order valence-corrected chi connectivity index (χ0v) is 16.7. The van der Waals surface area contributed by atoms with Crippen LogP contribution in [0.2, 0.25) is 0 Å². The summed E-state index contributed by atoms with van der Waals surface area (Å²) in [6.45, 7) is 4.69. The van der Waals surface area contributed by atoms with Crippen molar-refractivity contribution in [2.75, 3.05) is 19.6 Å². The Morgan fingerprint density at radius 3 is 1.81 bits per heavy atom. The van der Waals surface area contributed by atoms with Crippen molar-refractivity contribution in [1.82, 2.24) is 10.2 Å². The number of fused-ring (bicyclic) bond motifs is 2. The molecule has 1 aromatic carbocycles. The van der Waals surface area contributed by atoms with E-state index >= 15 is 0 Å². The summed E-state index contributed by atoms with van der Waals surface area (Å²) < 4.78 is 0. The normalized spacial score (nSPS) is 17.7. The molecule has 1 fully saturated rings. The first-order valence-electron chi connectivity index (χ1n) is 9.40. The molecule has 0 aliphatic carbocycles. The molecular formula is C21H22N2O8-4. The minimum Gasteiger partial charge on any atom is -0.545 e. The van der Waals surface area contributed by atoms with Crippen LogP contribution in [0.25, 0.3) is 0 Å². The first kappa shape index (κ1) is 25.5. The zero-order chi connectivity index (χ0) is 23.2. The molecule has 1 saturated heterocycles. The van der Waals surface area contributed by atoms with Gasteiger partial charge in [-0.3, -0.25) is 4.90 Å². The summed E-state index contributed by atoms with van der Waals surface area (Å²) in [5, 5.41) is 41.2. The summed E-state index contributed by atoms with van der Waals surface area (Å²) in [6, 6.07) is 9.68. The maximum atomic E-state index is 9.41. The standard InChI is InChI=1S/C13H18N2.2C4H4O4/c1-2-4-12-10-15-8-7-14-9-13(15)6-5-11(12)3-1;2*5-3(6)1-2-4(7)8/h1-4,13-14H,5-10H2;2*1-2H,(H,5,6)(H,7,8)/p-4/b;2*2-1+. The predicted molar refractivity (Wildman–Crippen MR) is 100 cm³/mol. The predicted octanol–water partition coefficient (Wildman–Crippen LogP) is -4.51. The van der Waals surface area contributed by atoms with Crippen LogP contribution in [-0.4, -0.2) is 54.5 Å². The van der Waals surface area contributed by atoms with Crippen molar-refractivity contribution in [1.29, 1.82) is 0 Å². The first-order valence-corrected chi connectivity index (χ1v) is 9.40. The van der Waals surface area contributed by atoms with Crippen molar-refractivity contribution in [3.63, 3.8) is 0 Å². The van der Waals surface area contributed by atoms with Gasteiger partial charge in [-0.1, -0.05) is 24.3 Å². The highest BCUT2D eigenvalue weighted by molar-refractivity contribution is 5.88. The number of benzene rings is 1. The highest BCUT2D eigenvalue weighted by atomic mass is 16.4. The second-order valence-corrected chi connectivity index (χ2v) is 6.58. The quantitative estimate of drug-likeness (QED) is 0.458. The second kappa shape index (κ2) is 13.7. The van der Waals surface area contributed by atoms with E-state index in [0.717, 1.165) is 19.1 Å². The van der Waals surface area contributed by atoms with Gasteiger partial charge in [-0.2, -0.15) is 0 Å². The Kier molecular flexibility index (Phi) is 11.3. The van der Waals surface area contributed by atoms with Gasteiger partial charge in [0.2, 0.25) is 0 Å². The molecule has 0 amide bonds. The maximum absolute atomic E-state index is 9.41. The second-order valence-electron chi connectivity index (χ2n) is 6.58. The lowest BCUT2D eigenvalue weighted by Crippen LogP contribution is -2.50. The fourth-order valence-electron chi connectivity index (χ4n) is 3.06. The largest absolute Gasteiger partial charge is 0.545 e. The molecule has 31 heavy (non-hydrogen) atoms. The van der Waals surface area contributed by atoms with Gasteiger partial charge >= 0.3 is 0 Å². The van der Waals surface area contributed by atoms with Gasteiger partial charge in [-0.05, 0) is 48.3 Å². The molecule has 0 radical (unpaired) electrons. The van der Waals surface area contributed by atoms with Gasteiger partial charge < -0.3 is 44.9 Å². The summed E-state index contributed by atoms with van der Waals surface area (Å²) >= 11 is 0. The Morgan fingerprint density at radius 2 is 1.32 bits per heavy atom. The molecule has 0 bridgehead atoms. The Morgan fingerprint density at radius 1 is 0.839 bits per heavy atom. The highest BCUT2D eigenvalue weighted by Crippen LogP contribution is 2.22. The Bertz CT molecular complexity index is 768. The molecule has 10 heteroatoms. The monoisotopic (exact) mass is 430 g/mol. The van der Waals surface area contributed by atoms with Crippen LogP contribution in [0.1, 0.15) is 17.5 Å². The zero-order valence-electron chi connectivity index (χ0n) is 16.7. The van der Waals surface area contributed by atoms with E-state index in [1.54, 1.807) is 11.1 Å². The van der Waals surface area contributed by atoms with Gasteiger partial charge in [0, 0.05) is 32.2 Å². The molecule has 3 rings (SSSR count). The molecule has 10 nitrogen and oxygen atoms in total. The molecule has 2 heterocycles. The molecule has 0 aromatic heterocycles. The lowest BCUT2D eigenvalue weighted by Gasteiger charge is -2.34. The molecule has 1 atom stereocenters. The van der Waals surface area contributed by atoms with Crippen molar-refractivity contribution >= 4 is 23.9 Å². The minimum atomic E-state index is -1.55. The molecule has 2 aliphatic rings. The molecule has 168 valence electrons. The smallest absolute Gasteiger partial charge is 0.0643 e. The fourth-order valence-corrected chi connectivity index (χ4v) is 3.06. The molecule has 0 saturated carbocycles. The average molecular weight is 430 g/mol. The van der Waals surface area contributed by atoms with Gasteiger partial charge in [-0.15, -0.1) is 0 Å². The fraction of sp³-hybridized carbons (Fsp3) is 0.333. The lowest BCUT2D eigenvalue weighted by atomic mass is 10.0. The van der Waals surface area contributed by atoms with E-state index in [-0.39, 0.29) is 0 Å². The SMILES string of the molecule is O=C([O-])/C=C/C(=O)[O-].O=C([O-])/C=C/C(=O)[O-].c1ccc2c(c1)CCC1CNCCN1C2. The number of aliphatic carboxylic acids is 4. The van der Waals surface area contributed by atoms with Crippen molar-refractivity contribution in [2.24, 2.45) is 0 Å². The number of carboxylic acids is 4. The number of aryl methyl sites for hydroxylation is 1. The van der Waals surface area contributed by atoms with Gasteiger partial charge in [0.15, 0.2) is 0 Å². The van der Waals surface area contributed by atoms with Gasteiger partial charge in [0.25, 0.3) is 0 Å². The summed E-state index contributed by atoms with van der Waals surface area (Å²) in [6.07, 6.45) is 4.10. The van der Waals surface area contributed by atoms with E-state index in [1.165, 1.54) is 25.9 Å². The Balaban J connectivity index is 0.000000259. The van der Waals surface area contributed by atoms with Crippen LogP contribution in [0.15, 0.2) is 48.6 Å². The van der Waals surface area contributed by atoms with Crippen molar-refractivity contribution in [3.8, 4) is 0 Å². The number of carbonyl (C=O) groups excluding carboxylic acids is 4. The Labute approximate surface area is 179 Å². The van der Waals surface area contributed by atoms with Crippen molar-refractivity contribution in [3.05, 3.63) is 59.7 Å². The number of carboxylic acid groups (broad SMARTS) is 4. The van der Waals surface area contributed by atoms with E-state index in [2.05, 4.69) is 34.5 Å². The highest BCUT2D eigenvalue weighted by Gasteiger charge is 2.25. The first-order chi connectivity index (χ1) is 14.7. The molecule has 1 aromatic rings. The van der Waals surface area contributed by atoms with Crippen LogP contribution in [0.5, 0.6) is 0 Å². The van der Waals surface area contributed by atoms with E-state index in [1.807, 2.05) is 0 Å². The van der Waals surface area contributed by atoms with E-state index < -0.39 is 23.9 Å². The maximum Gasteiger partial charge on any atom is 0.0643 e. The Hall–Kier alpha value is -3.50. The van der Waals surface area contributed by atoms with Crippen LogP contribution in [0.4, 0.5) is 0 Å². The molecule has 1 N–H and O–H groups in total. The summed E-state index contributed by atoms with van der Waals surface area (Å²) in [5.74, 6) is -6.19. The third kappa shape index (κ3) is 11.3. The molecule has 1 unspecified atom stereocenters. The molecule has 2 aliphatic heterocycles. The number of nitrogens with zero attached hydrogens (tertiary/aromatic N) is 1. The van der Waals surface area contributed by atoms with Gasteiger partial charge in [0.1, 0.15) is 0 Å². The average Bonchev–Trinajstić information content (AvgIpc) is 2.91. The van der Waals surface area contributed by atoms with Gasteiger partial charge in [0.05, 0.1) is 23.9 Å². The molecule has 0 spiro atoms. The van der Waals surface area contributed by atoms with Crippen LogP contribution in [-0.2, 0) is 32.1 Å². The van der Waals surface area contributed by atoms with Crippen molar-refractivity contribution in [2.45, 2.75) is 25.4 Å². The van der Waals surface area contributed by atoms with E-state index in [0.29, 0.717) is 24.3 Å². The third-order valence-electron chi connectivity index (χ3n) is 4.42. The molecular weight excluding hydrogens is 408 g/mol. The summed E-state index contributed by atoms with van der Waals surface area (Å²) in [5.41, 5.74) is 3.11. The summed E-state index contributed by atoms with van der Waals surface area (Å²) in [7, 11) is 0. The van der Waals surface area contributed by atoms with E-state index in [9.17, 15) is 39.6 Å². The lowest BCUT2D eigenvalue weighted by molar-refractivity contribution is -0.301. The van der Waals surface area contributed by atoms with Crippen LogP contribution in [0.3, 0.4) is 0 Å². The topological polar surface area (TPSA) is 176 Å². The van der Waals surface area contributed by atoms with Gasteiger partial charge in [-0.25, -0.2) is 0 Å². The number of hydrogen-bond donors (Lipinski definition) is 1. The van der Waals surface area contributed by atoms with Crippen LogP contribution in [0, 0.1) is 0 Å². The van der Waals surface area contributed by atoms with Crippen LogP contribution >= 0.6 is 0 Å². The number of carbonyl (C=O) groups is 4. The summed E-state index contributed by atoms with van der Waals surface area (Å²) in [4.78, 5) is 40.3. The number of rotatable bonds is 4. The third-order valence-corrected chi connectivity index (χ3v) is 4.42. The number of piperazine rings is 1.